The number of rotatable bonds is 4. The number of aryl methyl sites for hydroxylation is 1. The minimum absolute atomic E-state index is 0. The molecule has 0 fully saturated rings. The third kappa shape index (κ3) is 3.00. The van der Waals surface area contributed by atoms with E-state index < -0.39 is 0 Å². The molecule has 3 aromatic rings. The fourth-order valence-electron chi connectivity index (χ4n) is 2.77. The van der Waals surface area contributed by atoms with Crippen LogP contribution in [-0.2, 0) is 13.1 Å². The Morgan fingerprint density at radius 3 is 2.57 bits per heavy atom. The molecule has 0 saturated heterocycles. The number of aliphatic hydroxyl groups is 1. The van der Waals surface area contributed by atoms with Crippen LogP contribution in [0.15, 0.2) is 30.9 Å². The zero-order valence-electron chi connectivity index (χ0n) is 13.2. The van der Waals surface area contributed by atoms with Crippen LogP contribution in [0.4, 0.5) is 0 Å². The van der Waals surface area contributed by atoms with Crippen molar-refractivity contribution in [1.82, 2.24) is 19.1 Å². The number of aliphatic hydroxyl groups excluding tert-OH is 1. The maximum atomic E-state index is 9.22. The van der Waals surface area contributed by atoms with E-state index in [1.807, 2.05) is 35.1 Å². The van der Waals surface area contributed by atoms with E-state index in [0.29, 0.717) is 18.6 Å². The normalized spacial score (nSPS) is 10.7. The molecule has 3 heterocycles. The maximum absolute atomic E-state index is 9.22. The van der Waals surface area contributed by atoms with Gasteiger partial charge in [-0.2, -0.15) is 0 Å². The number of pyridine rings is 1. The van der Waals surface area contributed by atoms with Crippen LogP contribution < -0.4 is 5.49 Å². The predicted octanol–water partition coefficient (Wildman–Crippen LogP) is 1.79. The van der Waals surface area contributed by atoms with Gasteiger partial charge in [0.2, 0.25) is 0 Å². The summed E-state index contributed by atoms with van der Waals surface area (Å²) in [6.07, 6.45) is 5.19. The molecule has 0 unspecified atom stereocenters. The first-order valence-corrected chi connectivity index (χ1v) is 7.22. The van der Waals surface area contributed by atoms with Crippen LogP contribution in [0.2, 0.25) is 0 Å². The van der Waals surface area contributed by atoms with E-state index in [1.165, 1.54) is 0 Å². The molecular formula is C16H20ClN5O. The lowest BCUT2D eigenvalue weighted by Gasteiger charge is -2.08. The Balaban J connectivity index is 0.00000192. The number of fused-ring (bicyclic) bond motifs is 1. The molecule has 0 amide bonds. The zero-order valence-corrected chi connectivity index (χ0v) is 14.0. The van der Waals surface area contributed by atoms with E-state index in [-0.39, 0.29) is 19.0 Å². The largest absolute Gasteiger partial charge is 0.395 e. The average molecular weight is 334 g/mol. The second-order valence-electron chi connectivity index (χ2n) is 5.36. The first-order valence-electron chi connectivity index (χ1n) is 7.22. The molecule has 7 heteroatoms. The van der Waals surface area contributed by atoms with Crippen LogP contribution in [0.5, 0.6) is 0 Å². The van der Waals surface area contributed by atoms with Crippen LogP contribution in [0.3, 0.4) is 0 Å². The van der Waals surface area contributed by atoms with Crippen molar-refractivity contribution in [3.63, 3.8) is 0 Å². The molecule has 3 aromatic heterocycles. The van der Waals surface area contributed by atoms with Crippen molar-refractivity contribution >= 4 is 23.4 Å². The first-order chi connectivity index (χ1) is 10.6. The highest BCUT2D eigenvalue weighted by Gasteiger charge is 2.14. The van der Waals surface area contributed by atoms with Gasteiger partial charge in [-0.25, -0.2) is 4.98 Å². The molecule has 0 saturated carbocycles. The highest BCUT2D eigenvalue weighted by atomic mass is 35.5. The molecule has 0 aromatic carbocycles. The molecule has 23 heavy (non-hydrogen) atoms. The second kappa shape index (κ2) is 6.93. The summed E-state index contributed by atoms with van der Waals surface area (Å²) in [6, 6.07) is 3.87. The summed E-state index contributed by atoms with van der Waals surface area (Å²) in [5.41, 5.74) is 4.38. The molecule has 0 atom stereocenters. The van der Waals surface area contributed by atoms with Gasteiger partial charge in [0.1, 0.15) is 11.1 Å². The third-order valence-electron chi connectivity index (χ3n) is 4.07. The Bertz CT molecular complexity index is 870. The van der Waals surface area contributed by atoms with Gasteiger partial charge in [-0.05, 0) is 37.1 Å². The summed E-state index contributed by atoms with van der Waals surface area (Å²) in [5.74, 6) is 0. The van der Waals surface area contributed by atoms with Crippen molar-refractivity contribution in [1.29, 1.82) is 5.41 Å². The molecule has 2 N–H and O–H groups in total. The maximum Gasteiger partial charge on any atom is 0.145 e. The van der Waals surface area contributed by atoms with Gasteiger partial charge in [0.15, 0.2) is 0 Å². The Kier molecular flexibility index (Phi) is 5.18. The van der Waals surface area contributed by atoms with Crippen LogP contribution in [0.1, 0.15) is 16.8 Å². The fraction of sp³-hybridized carbons (Fsp3) is 0.312. The Morgan fingerprint density at radius 1 is 1.22 bits per heavy atom. The number of hydrogen-bond acceptors (Lipinski definition) is 4. The van der Waals surface area contributed by atoms with Gasteiger partial charge < -0.3 is 14.2 Å². The van der Waals surface area contributed by atoms with E-state index in [0.717, 1.165) is 27.9 Å². The highest BCUT2D eigenvalue weighted by molar-refractivity contribution is 5.85. The second-order valence-corrected chi connectivity index (χ2v) is 5.36. The Hall–Kier alpha value is -2.18. The SMILES string of the molecule is Cc1c(C)n(CCO)c2ncn(Cc3ccncc3)c(=N)c12.Cl. The highest BCUT2D eigenvalue weighted by Crippen LogP contribution is 2.20. The van der Waals surface area contributed by atoms with Crippen molar-refractivity contribution in [3.8, 4) is 0 Å². The minimum atomic E-state index is 0. The van der Waals surface area contributed by atoms with Crippen molar-refractivity contribution in [2.24, 2.45) is 0 Å². The number of aromatic nitrogens is 4. The van der Waals surface area contributed by atoms with Gasteiger partial charge in [0.25, 0.3) is 0 Å². The zero-order chi connectivity index (χ0) is 15.7. The van der Waals surface area contributed by atoms with Gasteiger partial charge in [0.05, 0.1) is 24.9 Å². The number of nitrogens with zero attached hydrogens (tertiary/aromatic N) is 4. The van der Waals surface area contributed by atoms with Crippen molar-refractivity contribution in [2.75, 3.05) is 6.61 Å². The third-order valence-corrected chi connectivity index (χ3v) is 4.07. The fourth-order valence-corrected chi connectivity index (χ4v) is 2.77. The van der Waals surface area contributed by atoms with E-state index in [1.54, 1.807) is 18.7 Å². The monoisotopic (exact) mass is 333 g/mol. The summed E-state index contributed by atoms with van der Waals surface area (Å²) < 4.78 is 3.80. The van der Waals surface area contributed by atoms with E-state index in [9.17, 15) is 5.11 Å². The van der Waals surface area contributed by atoms with Crippen molar-refractivity contribution < 1.29 is 5.11 Å². The van der Waals surface area contributed by atoms with Gasteiger partial charge in [-0.3, -0.25) is 10.4 Å². The van der Waals surface area contributed by atoms with Crippen molar-refractivity contribution in [2.45, 2.75) is 26.9 Å². The van der Waals surface area contributed by atoms with Gasteiger partial charge in [0, 0.05) is 24.6 Å². The number of hydrogen-bond donors (Lipinski definition) is 2. The molecule has 0 radical (unpaired) electrons. The number of halogens is 1. The lowest BCUT2D eigenvalue weighted by molar-refractivity contribution is 0.276. The van der Waals surface area contributed by atoms with Gasteiger partial charge >= 0.3 is 0 Å². The molecule has 122 valence electrons. The molecule has 0 aliphatic carbocycles. The Labute approximate surface area is 140 Å². The van der Waals surface area contributed by atoms with E-state index >= 15 is 0 Å². The first kappa shape index (κ1) is 17.2. The van der Waals surface area contributed by atoms with Crippen LogP contribution in [-0.4, -0.2) is 30.8 Å². The lowest BCUT2D eigenvalue weighted by atomic mass is 10.2. The molecule has 0 bridgehead atoms. The quantitative estimate of drug-likeness (QED) is 0.764. The molecule has 0 spiro atoms. The van der Waals surface area contributed by atoms with Crippen LogP contribution >= 0.6 is 12.4 Å². The summed E-state index contributed by atoms with van der Waals surface area (Å²) >= 11 is 0. The molecule has 0 aliphatic rings. The smallest absolute Gasteiger partial charge is 0.145 e. The molecule has 0 aliphatic heterocycles. The van der Waals surface area contributed by atoms with E-state index in [2.05, 4.69) is 9.97 Å². The summed E-state index contributed by atoms with van der Waals surface area (Å²) in [4.78, 5) is 8.53. The number of nitrogens with one attached hydrogen (secondary N) is 1. The molecular weight excluding hydrogens is 314 g/mol. The Morgan fingerprint density at radius 2 is 1.91 bits per heavy atom. The predicted molar refractivity (Wildman–Crippen MR) is 90.7 cm³/mol. The minimum Gasteiger partial charge on any atom is -0.395 e. The van der Waals surface area contributed by atoms with Crippen molar-refractivity contribution in [3.05, 3.63) is 53.2 Å². The topological polar surface area (TPSA) is 79.7 Å². The summed E-state index contributed by atoms with van der Waals surface area (Å²) in [5, 5.41) is 18.6. The molecule has 6 nitrogen and oxygen atoms in total. The average Bonchev–Trinajstić information content (AvgIpc) is 2.77. The van der Waals surface area contributed by atoms with Gasteiger partial charge in [-0.1, -0.05) is 0 Å². The van der Waals surface area contributed by atoms with Crippen LogP contribution in [0, 0.1) is 19.3 Å². The van der Waals surface area contributed by atoms with E-state index in [4.69, 9.17) is 5.41 Å². The summed E-state index contributed by atoms with van der Waals surface area (Å²) in [6.45, 7) is 5.15. The summed E-state index contributed by atoms with van der Waals surface area (Å²) in [7, 11) is 0. The van der Waals surface area contributed by atoms with Crippen LogP contribution in [0.25, 0.3) is 11.0 Å². The molecule has 3 rings (SSSR count). The lowest BCUT2D eigenvalue weighted by Crippen LogP contribution is -2.22. The standard InChI is InChI=1S/C16H19N5O.ClH/c1-11-12(2)21(7-8-22)16-14(11)15(17)20(10-19-16)9-13-3-5-18-6-4-13;/h3-6,10,17,22H,7-9H2,1-2H3;1H. The van der Waals surface area contributed by atoms with Gasteiger partial charge in [-0.15, -0.1) is 12.4 Å².